The molecule has 0 aliphatic carbocycles. The summed E-state index contributed by atoms with van der Waals surface area (Å²) in [5, 5.41) is 31.9. The first-order valence-electron chi connectivity index (χ1n) is 22.2. The maximum atomic E-state index is 5.46. The molecule has 0 amide bonds. The van der Waals surface area contributed by atoms with Gasteiger partial charge in [-0.3, -0.25) is 9.56 Å². The fourth-order valence-electron chi connectivity index (χ4n) is 8.81. The van der Waals surface area contributed by atoms with Gasteiger partial charge in [-0.2, -0.15) is 0 Å². The zero-order chi connectivity index (χ0) is 43.3. The highest BCUT2D eigenvalue weighted by molar-refractivity contribution is 7.15. The van der Waals surface area contributed by atoms with E-state index in [9.17, 15) is 0 Å². The Kier molecular flexibility index (Phi) is 13.0. The van der Waals surface area contributed by atoms with Crippen LogP contribution >= 0.6 is 11.3 Å². The van der Waals surface area contributed by atoms with Crippen LogP contribution in [0.3, 0.4) is 0 Å². The second kappa shape index (κ2) is 18.9. The quantitative estimate of drug-likeness (QED) is 0.0805. The van der Waals surface area contributed by atoms with Crippen molar-refractivity contribution in [1.29, 1.82) is 0 Å². The Balaban J connectivity index is 0.784. The van der Waals surface area contributed by atoms with Crippen molar-refractivity contribution < 1.29 is 0 Å². The molecule has 3 aromatic carbocycles. The van der Waals surface area contributed by atoms with Gasteiger partial charge in [0.2, 0.25) is 0 Å². The summed E-state index contributed by atoms with van der Waals surface area (Å²) in [4.78, 5) is 6.74. The third kappa shape index (κ3) is 9.23. The first-order chi connectivity index (χ1) is 30.0. The lowest BCUT2D eigenvalue weighted by molar-refractivity contribution is 0.285. The number of nitrogens with one attached hydrogen (secondary N) is 3. The van der Waals surface area contributed by atoms with Gasteiger partial charge < -0.3 is 16.0 Å². The molecule has 0 bridgehead atoms. The minimum absolute atomic E-state index is 0.00314. The molecule has 3 N–H and O–H groups in total. The number of anilines is 2. The van der Waals surface area contributed by atoms with Crippen LogP contribution in [-0.4, -0.2) is 38.1 Å². The number of fused-ring (bicyclic) bond motifs is 4. The molecule has 11 heteroatoms. The molecule has 62 heavy (non-hydrogen) atoms. The summed E-state index contributed by atoms with van der Waals surface area (Å²) in [6.07, 6.45) is 11.9. The van der Waals surface area contributed by atoms with Gasteiger partial charge in [0.1, 0.15) is 16.9 Å². The second-order valence-electron chi connectivity index (χ2n) is 17.0. The highest BCUT2D eigenvalue weighted by Crippen LogP contribution is 2.42. The van der Waals surface area contributed by atoms with Gasteiger partial charge >= 0.3 is 0 Å². The van der Waals surface area contributed by atoms with E-state index in [0.717, 1.165) is 106 Å². The number of benzene rings is 3. The lowest BCUT2D eigenvalue weighted by atomic mass is 9.99. The highest BCUT2D eigenvalue weighted by Gasteiger charge is 2.33. The molecule has 2 unspecified atom stereocenters. The number of piperidine rings is 1. The summed E-state index contributed by atoms with van der Waals surface area (Å²) in [5.74, 6) is 1.72. The number of nitrogens with zero attached hydrogens (tertiary/aromatic N) is 7. The standard InChI is InChI=1S/C51H60N10S/c1-32-23-26-41(27-24-32)49-47-35(4)38(7)62-51(47)60-39(8)56-58-50(60)45(55-49)30-34(3)54-42-20-16-19-40(31-42)18-14-12-10-9-11-13-15-29-52-43-21-17-22-44-48(43)37(6)61(59-57-44)46-28-25-33(2)53-36(46)5/h16-17,19-24,26-27,31,45-46,52-54H,2-3,5-6,9-15,18,25,28-30H2,1,4,7-8H3. The van der Waals surface area contributed by atoms with Gasteiger partial charge in [-0.15, -0.1) is 26.6 Å². The Bertz CT molecular complexity index is 2550. The lowest BCUT2D eigenvalue weighted by Crippen LogP contribution is -2.39. The van der Waals surface area contributed by atoms with Gasteiger partial charge in [0.15, 0.2) is 5.82 Å². The van der Waals surface area contributed by atoms with Crippen LogP contribution in [-0.2, 0) is 6.42 Å². The zero-order valence-corrected chi connectivity index (χ0v) is 37.7. The molecule has 1 saturated heterocycles. The van der Waals surface area contributed by atoms with Crippen LogP contribution in [0.15, 0.2) is 125 Å². The van der Waals surface area contributed by atoms with E-state index in [4.69, 9.17) is 10.1 Å². The van der Waals surface area contributed by atoms with Crippen molar-refractivity contribution in [3.63, 3.8) is 0 Å². The molecule has 0 spiro atoms. The van der Waals surface area contributed by atoms with E-state index in [-0.39, 0.29) is 12.1 Å². The molecule has 2 aromatic heterocycles. The van der Waals surface area contributed by atoms with Crippen LogP contribution in [0, 0.1) is 27.7 Å². The average Bonchev–Trinajstić information content (AvgIpc) is 3.73. The maximum Gasteiger partial charge on any atom is 0.163 e. The summed E-state index contributed by atoms with van der Waals surface area (Å²) in [5.41, 5.74) is 14.7. The fraction of sp³-hybridized carbons (Fsp3) is 0.353. The maximum absolute atomic E-state index is 5.46. The number of rotatable bonds is 17. The monoisotopic (exact) mass is 844 g/mol. The van der Waals surface area contributed by atoms with Crippen molar-refractivity contribution in [2.24, 2.45) is 15.3 Å². The van der Waals surface area contributed by atoms with E-state index in [2.05, 4.69) is 138 Å². The largest absolute Gasteiger partial charge is 0.384 e. The third-order valence-corrected chi connectivity index (χ3v) is 13.5. The predicted octanol–water partition coefficient (Wildman–Crippen LogP) is 12.9. The lowest BCUT2D eigenvalue weighted by Gasteiger charge is -2.37. The van der Waals surface area contributed by atoms with E-state index < -0.39 is 0 Å². The predicted molar refractivity (Wildman–Crippen MR) is 258 cm³/mol. The molecule has 3 aliphatic rings. The van der Waals surface area contributed by atoms with E-state index >= 15 is 0 Å². The van der Waals surface area contributed by atoms with Crippen molar-refractivity contribution in [2.75, 3.05) is 17.2 Å². The molecule has 1 fully saturated rings. The summed E-state index contributed by atoms with van der Waals surface area (Å²) in [6.45, 7) is 26.6. The number of unbranched alkanes of at least 4 members (excludes halogenated alkanes) is 6. The van der Waals surface area contributed by atoms with Crippen molar-refractivity contribution in [2.45, 2.75) is 110 Å². The first-order valence-corrected chi connectivity index (χ1v) is 23.0. The molecule has 8 rings (SSSR count). The molecule has 5 aromatic rings. The summed E-state index contributed by atoms with van der Waals surface area (Å²) >= 11 is 1.79. The average molecular weight is 845 g/mol. The highest BCUT2D eigenvalue weighted by atomic mass is 32.1. The molecule has 3 aliphatic heterocycles. The van der Waals surface area contributed by atoms with Crippen LogP contribution in [0.4, 0.5) is 17.1 Å². The van der Waals surface area contributed by atoms with Crippen molar-refractivity contribution in [3.05, 3.63) is 160 Å². The number of thiophene rings is 1. The van der Waals surface area contributed by atoms with E-state index in [1.165, 1.54) is 65.7 Å². The Morgan fingerprint density at radius 1 is 0.871 bits per heavy atom. The van der Waals surface area contributed by atoms with Crippen molar-refractivity contribution in [1.82, 2.24) is 25.1 Å². The smallest absolute Gasteiger partial charge is 0.163 e. The molecular weight excluding hydrogens is 785 g/mol. The zero-order valence-electron chi connectivity index (χ0n) is 36.9. The number of aliphatic imine (C=N–C) groups is 1. The van der Waals surface area contributed by atoms with Gasteiger partial charge in [-0.25, -0.2) is 5.01 Å². The second-order valence-corrected chi connectivity index (χ2v) is 18.2. The molecule has 10 nitrogen and oxygen atoms in total. The normalized spacial score (nSPS) is 16.9. The van der Waals surface area contributed by atoms with Gasteiger partial charge in [-0.1, -0.05) is 112 Å². The Hall–Kier alpha value is -6.07. The van der Waals surface area contributed by atoms with Crippen LogP contribution < -0.4 is 16.0 Å². The topological polar surface area (TPSA) is 107 Å². The third-order valence-electron chi connectivity index (χ3n) is 12.3. The molecule has 5 heterocycles. The molecule has 2 atom stereocenters. The van der Waals surface area contributed by atoms with Gasteiger partial charge in [-0.05, 0) is 95.2 Å². The molecular formula is C51H60N10S. The van der Waals surface area contributed by atoms with Gasteiger partial charge in [0.25, 0.3) is 0 Å². The minimum Gasteiger partial charge on any atom is -0.384 e. The van der Waals surface area contributed by atoms with Gasteiger partial charge in [0.05, 0.1) is 28.7 Å². The number of hydrogen-bond acceptors (Lipinski definition) is 10. The number of allylic oxidation sites excluding steroid dienone is 1. The van der Waals surface area contributed by atoms with Crippen LogP contribution in [0.5, 0.6) is 0 Å². The first kappa shape index (κ1) is 42.6. The Morgan fingerprint density at radius 2 is 1.63 bits per heavy atom. The summed E-state index contributed by atoms with van der Waals surface area (Å²) in [7, 11) is 0. The van der Waals surface area contributed by atoms with Crippen molar-refractivity contribution in [3.8, 4) is 5.00 Å². The van der Waals surface area contributed by atoms with Crippen LogP contribution in [0.25, 0.3) is 10.7 Å². The summed E-state index contributed by atoms with van der Waals surface area (Å²) in [6, 6.07) is 23.4. The van der Waals surface area contributed by atoms with Gasteiger partial charge in [0, 0.05) is 57.4 Å². The fourth-order valence-corrected chi connectivity index (χ4v) is 10.0. The number of aryl methyl sites for hydroxylation is 4. The molecule has 0 saturated carbocycles. The SMILES string of the molecule is C=C1CCC(N2N=Nc3cccc(NCCCCCCCCCc4cccc(NC(=C)CC5N=C(c6ccc(C)cc6)c6c(sc(C)c6C)-n6c(C)nnc65)c4)c3C2=C)C(=C)N1. The Morgan fingerprint density at radius 3 is 2.42 bits per heavy atom. The van der Waals surface area contributed by atoms with E-state index in [0.29, 0.717) is 6.42 Å². The van der Waals surface area contributed by atoms with Crippen LogP contribution in [0.1, 0.15) is 120 Å². The molecule has 0 radical (unpaired) electrons. The van der Waals surface area contributed by atoms with Crippen LogP contribution in [0.2, 0.25) is 0 Å². The molecule has 320 valence electrons. The van der Waals surface area contributed by atoms with Crippen molar-refractivity contribution >= 4 is 39.8 Å². The summed E-state index contributed by atoms with van der Waals surface area (Å²) < 4.78 is 2.21. The minimum atomic E-state index is -0.243. The van der Waals surface area contributed by atoms with E-state index in [1.807, 2.05) is 24.1 Å². The van der Waals surface area contributed by atoms with E-state index in [1.54, 1.807) is 11.3 Å². The number of hydrogen-bond donors (Lipinski definition) is 3. The number of aromatic nitrogens is 3. The Labute approximate surface area is 371 Å².